The van der Waals surface area contributed by atoms with Gasteiger partial charge < -0.3 is 64.2 Å². The predicted octanol–water partition coefficient (Wildman–Crippen LogP) is 3.59. The molecule has 0 aromatic heterocycles. The van der Waals surface area contributed by atoms with E-state index in [4.69, 9.17) is 28.4 Å². The number of ether oxygens (including phenoxy) is 6. The van der Waals surface area contributed by atoms with E-state index in [9.17, 15) is 45.3 Å². The zero-order chi connectivity index (χ0) is 42.5. The maximum Gasteiger partial charge on any atom is 0.306 e. The quantitative estimate of drug-likeness (QED) is 0.0301. The van der Waals surface area contributed by atoms with Crippen LogP contribution in [0, 0.1) is 0 Å². The average Bonchev–Trinajstić information content (AvgIpc) is 3.21. The van der Waals surface area contributed by atoms with Gasteiger partial charge in [0.2, 0.25) is 0 Å². The van der Waals surface area contributed by atoms with Crippen LogP contribution >= 0.6 is 0 Å². The molecule has 15 heteroatoms. The second kappa shape index (κ2) is 31.4. The molecule has 0 saturated carbocycles. The standard InChI is InChI=1S/C43H72O15/c1-3-5-7-9-11-12-13-14-15-16-17-18-20-21-23-25-34(45)53-28-31(56-35(46)26-24-22-19-10-8-6-4-2)29-54-42-41(52)39(50)37(48)33(58-42)30-55-43-40(51)38(49)36(47)32(27-44)57-43/h4-5,7,11-12,14-15,31-33,36-44,47-52H,2-3,6,8-10,13,16-30H2,1H3/b7-5+,12-11+,15-14+/t31-,32-,33-,36+,37+,38+,39+,40-,41-,42-,43+/m1/s1. The predicted molar refractivity (Wildman–Crippen MR) is 215 cm³/mol. The van der Waals surface area contributed by atoms with E-state index < -0.39 is 99.3 Å². The summed E-state index contributed by atoms with van der Waals surface area (Å²) < 4.78 is 33.2. The number of unbranched alkanes of at least 4 members (excludes halogenated alkanes) is 10. The van der Waals surface area contributed by atoms with Gasteiger partial charge in [0.1, 0.15) is 55.4 Å². The van der Waals surface area contributed by atoms with Crippen molar-refractivity contribution in [2.24, 2.45) is 0 Å². The molecule has 0 amide bonds. The molecule has 0 spiro atoms. The maximum atomic E-state index is 12.8. The van der Waals surface area contributed by atoms with Gasteiger partial charge in [0.25, 0.3) is 0 Å². The van der Waals surface area contributed by atoms with Crippen LogP contribution in [0.15, 0.2) is 49.1 Å². The summed E-state index contributed by atoms with van der Waals surface area (Å²) in [6.07, 6.45) is 12.3. The highest BCUT2D eigenvalue weighted by molar-refractivity contribution is 5.70. The Morgan fingerprint density at radius 1 is 0.603 bits per heavy atom. The molecule has 2 fully saturated rings. The van der Waals surface area contributed by atoms with Gasteiger partial charge in [-0.2, -0.15) is 0 Å². The van der Waals surface area contributed by atoms with Gasteiger partial charge in [-0.1, -0.05) is 88.0 Å². The lowest BCUT2D eigenvalue weighted by molar-refractivity contribution is -0.332. The van der Waals surface area contributed by atoms with Crippen LogP contribution in [0.4, 0.5) is 0 Å². The molecule has 2 rings (SSSR count). The Bertz CT molecular complexity index is 1190. The summed E-state index contributed by atoms with van der Waals surface area (Å²) in [4.78, 5) is 25.4. The Balaban J connectivity index is 1.85. The lowest BCUT2D eigenvalue weighted by Gasteiger charge is -2.42. The Hall–Kier alpha value is -2.54. The first-order valence-electron chi connectivity index (χ1n) is 21.2. The topological polar surface area (TPSA) is 231 Å². The number of carbonyl (C=O) groups excluding carboxylic acids is 2. The molecule has 0 aromatic carbocycles. The molecule has 58 heavy (non-hydrogen) atoms. The van der Waals surface area contributed by atoms with E-state index in [0.717, 1.165) is 83.5 Å². The summed E-state index contributed by atoms with van der Waals surface area (Å²) in [5, 5.41) is 71.6. The van der Waals surface area contributed by atoms with Crippen molar-refractivity contribution in [2.45, 2.75) is 184 Å². The van der Waals surface area contributed by atoms with E-state index in [1.807, 2.05) is 6.08 Å². The van der Waals surface area contributed by atoms with Crippen LogP contribution < -0.4 is 0 Å². The molecular weight excluding hydrogens is 756 g/mol. The summed E-state index contributed by atoms with van der Waals surface area (Å²) in [5.74, 6) is -0.979. The van der Waals surface area contributed by atoms with Crippen molar-refractivity contribution in [3.8, 4) is 0 Å². The van der Waals surface area contributed by atoms with E-state index in [2.05, 4.69) is 50.0 Å². The summed E-state index contributed by atoms with van der Waals surface area (Å²) in [5.41, 5.74) is 0. The first kappa shape index (κ1) is 51.6. The Morgan fingerprint density at radius 2 is 1.12 bits per heavy atom. The Morgan fingerprint density at radius 3 is 1.74 bits per heavy atom. The third kappa shape index (κ3) is 20.6. The van der Waals surface area contributed by atoms with Crippen molar-refractivity contribution in [1.29, 1.82) is 0 Å². The molecule has 7 N–H and O–H groups in total. The van der Waals surface area contributed by atoms with Crippen molar-refractivity contribution in [3.63, 3.8) is 0 Å². The van der Waals surface area contributed by atoms with Crippen molar-refractivity contribution >= 4 is 11.9 Å². The largest absolute Gasteiger partial charge is 0.462 e. The van der Waals surface area contributed by atoms with Crippen molar-refractivity contribution in [2.75, 3.05) is 26.4 Å². The van der Waals surface area contributed by atoms with Crippen LogP contribution in [-0.4, -0.2) is 142 Å². The highest BCUT2D eigenvalue weighted by atomic mass is 16.7. The monoisotopic (exact) mass is 828 g/mol. The summed E-state index contributed by atoms with van der Waals surface area (Å²) in [7, 11) is 0. The minimum absolute atomic E-state index is 0.139. The van der Waals surface area contributed by atoms with Gasteiger partial charge >= 0.3 is 11.9 Å². The van der Waals surface area contributed by atoms with Crippen LogP contribution in [0.2, 0.25) is 0 Å². The molecular formula is C43H72O15. The number of hydrogen-bond acceptors (Lipinski definition) is 15. The molecule has 11 atom stereocenters. The van der Waals surface area contributed by atoms with Crippen LogP contribution in [0.5, 0.6) is 0 Å². The summed E-state index contributed by atoms with van der Waals surface area (Å²) in [6, 6.07) is 0. The van der Waals surface area contributed by atoms with Gasteiger partial charge in [-0.3, -0.25) is 9.59 Å². The molecule has 2 heterocycles. The van der Waals surface area contributed by atoms with E-state index in [1.165, 1.54) is 0 Å². The minimum atomic E-state index is -1.77. The van der Waals surface area contributed by atoms with E-state index in [-0.39, 0.29) is 19.4 Å². The van der Waals surface area contributed by atoms with Gasteiger partial charge in [-0.05, 0) is 57.8 Å². The number of esters is 2. The van der Waals surface area contributed by atoms with Gasteiger partial charge in [-0.15, -0.1) is 6.58 Å². The van der Waals surface area contributed by atoms with Gasteiger partial charge in [0.15, 0.2) is 18.7 Å². The van der Waals surface area contributed by atoms with Crippen LogP contribution in [0.25, 0.3) is 0 Å². The first-order chi connectivity index (χ1) is 28.0. The molecule has 0 bridgehead atoms. The molecule has 15 nitrogen and oxygen atoms in total. The van der Waals surface area contributed by atoms with Gasteiger partial charge in [0.05, 0.1) is 19.8 Å². The van der Waals surface area contributed by atoms with Crippen molar-refractivity contribution in [3.05, 3.63) is 49.1 Å². The van der Waals surface area contributed by atoms with Gasteiger partial charge in [-0.25, -0.2) is 0 Å². The average molecular weight is 829 g/mol. The number of allylic oxidation sites excluding steroid dienone is 7. The second-order valence-corrected chi connectivity index (χ2v) is 14.9. The molecule has 334 valence electrons. The van der Waals surface area contributed by atoms with Gasteiger partial charge in [0, 0.05) is 12.8 Å². The van der Waals surface area contributed by atoms with Crippen LogP contribution in [0.3, 0.4) is 0 Å². The lowest BCUT2D eigenvalue weighted by atomic mass is 9.98. The van der Waals surface area contributed by atoms with E-state index in [0.29, 0.717) is 12.8 Å². The molecule has 0 aliphatic carbocycles. The van der Waals surface area contributed by atoms with Crippen molar-refractivity contribution < 1.29 is 73.8 Å². The second-order valence-electron chi connectivity index (χ2n) is 14.9. The summed E-state index contributed by atoms with van der Waals surface area (Å²) >= 11 is 0. The molecule has 2 saturated heterocycles. The SMILES string of the molecule is C=CCCCCCCCC(=O)O[C@H](COC(=O)CCCCCCC/C=C/C/C=C/C/C=C/CC)CO[C@@H]1O[C@H](CO[C@H]2O[C@H](CO)[C@H](O)[C@H](O)[C@H]2O)[C@H](O)[C@H](O)[C@H]1O. The zero-order valence-electron chi connectivity index (χ0n) is 34.3. The third-order valence-electron chi connectivity index (χ3n) is 9.94. The molecule has 2 aliphatic rings. The summed E-state index contributed by atoms with van der Waals surface area (Å²) in [6.45, 7) is 3.91. The van der Waals surface area contributed by atoms with Crippen molar-refractivity contribution in [1.82, 2.24) is 0 Å². The number of hydrogen-bond donors (Lipinski definition) is 7. The Kier molecular flexibility index (Phi) is 27.9. The fraction of sp³-hybridized carbons (Fsp3) is 0.767. The minimum Gasteiger partial charge on any atom is -0.462 e. The van der Waals surface area contributed by atoms with Crippen LogP contribution in [-0.2, 0) is 38.0 Å². The third-order valence-corrected chi connectivity index (χ3v) is 9.94. The maximum absolute atomic E-state index is 12.8. The number of aliphatic hydroxyl groups excluding tert-OH is 7. The highest BCUT2D eigenvalue weighted by Gasteiger charge is 2.47. The normalized spacial score (nSPS) is 28.3. The number of carbonyl (C=O) groups is 2. The van der Waals surface area contributed by atoms with E-state index >= 15 is 0 Å². The first-order valence-corrected chi connectivity index (χ1v) is 21.2. The Labute approximate surface area is 344 Å². The molecule has 0 aromatic rings. The number of aliphatic hydroxyl groups is 7. The fourth-order valence-corrected chi connectivity index (χ4v) is 6.38. The zero-order valence-corrected chi connectivity index (χ0v) is 34.3. The highest BCUT2D eigenvalue weighted by Crippen LogP contribution is 2.26. The van der Waals surface area contributed by atoms with Crippen LogP contribution in [0.1, 0.15) is 116 Å². The molecule has 0 radical (unpaired) electrons. The number of rotatable bonds is 31. The van der Waals surface area contributed by atoms with E-state index in [1.54, 1.807) is 0 Å². The molecule has 0 unspecified atom stereocenters. The fourth-order valence-electron chi connectivity index (χ4n) is 6.38. The lowest BCUT2D eigenvalue weighted by Crippen LogP contribution is -2.61. The smallest absolute Gasteiger partial charge is 0.306 e. The molecule has 2 aliphatic heterocycles.